The molecule has 3 nitrogen and oxygen atoms in total. The predicted octanol–water partition coefficient (Wildman–Crippen LogP) is 1.48. The van der Waals surface area contributed by atoms with E-state index in [9.17, 15) is 5.11 Å². The van der Waals surface area contributed by atoms with Crippen LogP contribution in [0.15, 0.2) is 30.3 Å². The van der Waals surface area contributed by atoms with Crippen molar-refractivity contribution in [3.05, 3.63) is 35.9 Å². The Hall–Kier alpha value is -0.900. The van der Waals surface area contributed by atoms with Gasteiger partial charge in [0.1, 0.15) is 0 Å². The second-order valence-electron chi connectivity index (χ2n) is 3.33. The molecule has 0 aromatic heterocycles. The molecule has 1 saturated heterocycles. The number of hydrogen-bond acceptors (Lipinski definition) is 3. The van der Waals surface area contributed by atoms with Crippen molar-refractivity contribution < 1.29 is 14.6 Å². The third kappa shape index (κ3) is 2.32. The largest absolute Gasteiger partial charge is 0.388 e. The molecule has 14 heavy (non-hydrogen) atoms. The summed E-state index contributed by atoms with van der Waals surface area (Å²) in [7, 11) is 0. The van der Waals surface area contributed by atoms with Crippen LogP contribution in [0.25, 0.3) is 0 Å². The van der Waals surface area contributed by atoms with E-state index in [-0.39, 0.29) is 6.29 Å². The van der Waals surface area contributed by atoms with E-state index in [1.807, 2.05) is 30.3 Å². The number of benzene rings is 1. The minimum atomic E-state index is -0.501. The van der Waals surface area contributed by atoms with Gasteiger partial charge in [0, 0.05) is 6.42 Å². The van der Waals surface area contributed by atoms with E-state index < -0.39 is 6.10 Å². The van der Waals surface area contributed by atoms with Gasteiger partial charge in [-0.2, -0.15) is 0 Å². The summed E-state index contributed by atoms with van der Waals surface area (Å²) < 4.78 is 10.5. The number of rotatable bonds is 3. The zero-order valence-electron chi connectivity index (χ0n) is 7.93. The summed E-state index contributed by atoms with van der Waals surface area (Å²) in [5.41, 5.74) is 0.909. The smallest absolute Gasteiger partial charge is 0.160 e. The summed E-state index contributed by atoms with van der Waals surface area (Å²) >= 11 is 0. The van der Waals surface area contributed by atoms with E-state index in [1.54, 1.807) is 0 Å². The Kier molecular flexibility index (Phi) is 3.14. The van der Waals surface area contributed by atoms with Gasteiger partial charge >= 0.3 is 0 Å². The molecular weight excluding hydrogens is 180 g/mol. The highest BCUT2D eigenvalue weighted by molar-refractivity contribution is 5.17. The zero-order chi connectivity index (χ0) is 9.80. The van der Waals surface area contributed by atoms with Crippen LogP contribution in [0.1, 0.15) is 18.1 Å². The van der Waals surface area contributed by atoms with Gasteiger partial charge in [0.15, 0.2) is 6.29 Å². The molecule has 3 heteroatoms. The van der Waals surface area contributed by atoms with E-state index in [0.717, 1.165) is 5.56 Å². The Morgan fingerprint density at radius 3 is 2.50 bits per heavy atom. The van der Waals surface area contributed by atoms with Gasteiger partial charge in [-0.15, -0.1) is 0 Å². The normalized spacial score (nSPS) is 19.8. The second kappa shape index (κ2) is 4.55. The maximum absolute atomic E-state index is 9.82. The third-order valence-electron chi connectivity index (χ3n) is 2.29. The molecule has 0 bridgehead atoms. The highest BCUT2D eigenvalue weighted by Crippen LogP contribution is 2.21. The molecule has 0 radical (unpaired) electrons. The van der Waals surface area contributed by atoms with Crippen LogP contribution in [-0.4, -0.2) is 24.6 Å². The van der Waals surface area contributed by atoms with Crippen molar-refractivity contribution in [1.82, 2.24) is 0 Å². The Balaban J connectivity index is 1.92. The van der Waals surface area contributed by atoms with Crippen molar-refractivity contribution in [3.8, 4) is 0 Å². The lowest BCUT2D eigenvalue weighted by Gasteiger charge is -2.14. The van der Waals surface area contributed by atoms with E-state index in [2.05, 4.69) is 0 Å². The van der Waals surface area contributed by atoms with Crippen LogP contribution in [0, 0.1) is 0 Å². The van der Waals surface area contributed by atoms with Crippen molar-refractivity contribution >= 4 is 0 Å². The van der Waals surface area contributed by atoms with Crippen molar-refractivity contribution in [2.75, 3.05) is 13.2 Å². The fraction of sp³-hybridized carbons (Fsp3) is 0.455. The molecule has 1 fully saturated rings. The van der Waals surface area contributed by atoms with E-state index in [1.165, 1.54) is 0 Å². The monoisotopic (exact) mass is 194 g/mol. The molecule has 1 N–H and O–H groups in total. The number of aliphatic hydroxyl groups is 1. The molecule has 0 aliphatic carbocycles. The Bertz CT molecular complexity index is 267. The van der Waals surface area contributed by atoms with Crippen LogP contribution in [-0.2, 0) is 9.47 Å². The molecule has 2 rings (SSSR count). The first-order valence-corrected chi connectivity index (χ1v) is 4.82. The van der Waals surface area contributed by atoms with Crippen molar-refractivity contribution in [2.45, 2.75) is 18.8 Å². The fourth-order valence-electron chi connectivity index (χ4n) is 1.54. The van der Waals surface area contributed by atoms with Crippen LogP contribution in [0.5, 0.6) is 0 Å². The maximum atomic E-state index is 9.82. The van der Waals surface area contributed by atoms with Gasteiger partial charge in [-0.05, 0) is 5.56 Å². The second-order valence-corrected chi connectivity index (χ2v) is 3.33. The standard InChI is InChI=1S/C11H14O3/c12-10(8-11-13-6-7-14-11)9-4-2-1-3-5-9/h1-5,10-12H,6-8H2/t10-/m0/s1. The van der Waals surface area contributed by atoms with Crippen LogP contribution in [0.4, 0.5) is 0 Å². The molecule has 0 amide bonds. The summed E-state index contributed by atoms with van der Waals surface area (Å²) in [6, 6.07) is 9.56. The summed E-state index contributed by atoms with van der Waals surface area (Å²) in [5, 5.41) is 9.82. The van der Waals surface area contributed by atoms with Gasteiger partial charge in [-0.1, -0.05) is 30.3 Å². The Morgan fingerprint density at radius 1 is 1.21 bits per heavy atom. The number of hydrogen-bond donors (Lipinski definition) is 1. The van der Waals surface area contributed by atoms with E-state index >= 15 is 0 Å². The molecule has 1 heterocycles. The van der Waals surface area contributed by atoms with Crippen molar-refractivity contribution in [2.24, 2.45) is 0 Å². The Labute approximate surface area is 83.3 Å². The van der Waals surface area contributed by atoms with Crippen LogP contribution in [0.2, 0.25) is 0 Å². The molecule has 0 spiro atoms. The lowest BCUT2D eigenvalue weighted by Crippen LogP contribution is -2.12. The Morgan fingerprint density at radius 2 is 1.86 bits per heavy atom. The first-order valence-electron chi connectivity index (χ1n) is 4.82. The van der Waals surface area contributed by atoms with Crippen LogP contribution in [0.3, 0.4) is 0 Å². The lowest BCUT2D eigenvalue weighted by molar-refractivity contribution is -0.0707. The fourth-order valence-corrected chi connectivity index (χ4v) is 1.54. The minimum Gasteiger partial charge on any atom is -0.388 e. The van der Waals surface area contributed by atoms with Crippen LogP contribution >= 0.6 is 0 Å². The quantitative estimate of drug-likeness (QED) is 0.792. The van der Waals surface area contributed by atoms with Crippen molar-refractivity contribution in [1.29, 1.82) is 0 Å². The summed E-state index contributed by atoms with van der Waals surface area (Å²) in [4.78, 5) is 0. The van der Waals surface area contributed by atoms with Crippen LogP contribution < -0.4 is 0 Å². The summed E-state index contributed by atoms with van der Waals surface area (Å²) in [6.07, 6.45) is -0.242. The SMILES string of the molecule is O[C@@H](CC1OCCO1)c1ccccc1. The molecule has 1 atom stereocenters. The molecule has 1 aromatic carbocycles. The van der Waals surface area contributed by atoms with Gasteiger partial charge in [0.25, 0.3) is 0 Å². The third-order valence-corrected chi connectivity index (χ3v) is 2.29. The molecule has 76 valence electrons. The van der Waals surface area contributed by atoms with Gasteiger partial charge in [-0.3, -0.25) is 0 Å². The molecule has 0 unspecified atom stereocenters. The molecular formula is C11H14O3. The zero-order valence-corrected chi connectivity index (χ0v) is 7.93. The minimum absolute atomic E-state index is 0.245. The summed E-state index contributed by atoms with van der Waals surface area (Å²) in [5.74, 6) is 0. The predicted molar refractivity (Wildman–Crippen MR) is 51.7 cm³/mol. The average molecular weight is 194 g/mol. The van der Waals surface area contributed by atoms with E-state index in [0.29, 0.717) is 19.6 Å². The molecule has 0 saturated carbocycles. The lowest BCUT2D eigenvalue weighted by atomic mass is 10.1. The highest BCUT2D eigenvalue weighted by Gasteiger charge is 2.20. The van der Waals surface area contributed by atoms with Gasteiger partial charge in [-0.25, -0.2) is 0 Å². The summed E-state index contributed by atoms with van der Waals surface area (Å²) in [6.45, 7) is 1.26. The molecule has 1 aliphatic heterocycles. The highest BCUT2D eigenvalue weighted by atomic mass is 16.7. The first kappa shape index (κ1) is 9.65. The number of ether oxygens (including phenoxy) is 2. The van der Waals surface area contributed by atoms with Gasteiger partial charge in [0.05, 0.1) is 19.3 Å². The average Bonchev–Trinajstić information content (AvgIpc) is 2.72. The van der Waals surface area contributed by atoms with E-state index in [4.69, 9.17) is 9.47 Å². The molecule has 1 aliphatic rings. The van der Waals surface area contributed by atoms with Gasteiger partial charge in [0.2, 0.25) is 0 Å². The topological polar surface area (TPSA) is 38.7 Å². The molecule has 1 aromatic rings. The first-order chi connectivity index (χ1) is 6.86. The van der Waals surface area contributed by atoms with Crippen molar-refractivity contribution in [3.63, 3.8) is 0 Å². The number of aliphatic hydroxyl groups excluding tert-OH is 1. The van der Waals surface area contributed by atoms with Gasteiger partial charge < -0.3 is 14.6 Å². The maximum Gasteiger partial charge on any atom is 0.160 e.